The highest BCUT2D eigenvalue weighted by molar-refractivity contribution is 6.43. The Morgan fingerprint density at radius 1 is 1.42 bits per heavy atom. The molecule has 0 saturated carbocycles. The lowest BCUT2D eigenvalue weighted by molar-refractivity contribution is -0.117. The van der Waals surface area contributed by atoms with Crippen molar-refractivity contribution in [2.75, 3.05) is 5.32 Å². The number of benzene rings is 1. The Morgan fingerprint density at radius 2 is 2.11 bits per heavy atom. The number of nitriles is 1. The van der Waals surface area contributed by atoms with Crippen LogP contribution in [-0.4, -0.2) is 11.9 Å². The number of rotatable bonds is 4. The first-order chi connectivity index (χ1) is 8.95. The van der Waals surface area contributed by atoms with E-state index < -0.39 is 5.91 Å². The van der Waals surface area contributed by atoms with Crippen molar-refractivity contribution < 1.29 is 4.79 Å². The Hall–Kier alpha value is -1.70. The van der Waals surface area contributed by atoms with Crippen molar-refractivity contribution in [3.05, 3.63) is 40.0 Å². The zero-order valence-electron chi connectivity index (χ0n) is 10.5. The topological polar surface area (TPSA) is 64.9 Å². The molecule has 100 valence electrons. The van der Waals surface area contributed by atoms with Gasteiger partial charge in [-0.2, -0.15) is 5.26 Å². The molecule has 0 heterocycles. The van der Waals surface area contributed by atoms with E-state index in [0.29, 0.717) is 15.7 Å². The number of anilines is 1. The van der Waals surface area contributed by atoms with Crippen LogP contribution in [0, 0.1) is 11.3 Å². The molecule has 0 bridgehead atoms. The summed E-state index contributed by atoms with van der Waals surface area (Å²) in [6.45, 7) is 3.63. The standard InChI is InChI=1S/C13H13Cl2N3O/c1-8(2)18-13(19)9(6-16)7-17-11-5-3-4-10(14)12(11)15/h3-5,7-8,17H,1-2H3,(H,18,19)/b9-7-. The molecule has 0 aliphatic carbocycles. The lowest BCUT2D eigenvalue weighted by Crippen LogP contribution is -2.31. The lowest BCUT2D eigenvalue weighted by Gasteiger charge is -2.08. The molecule has 0 radical (unpaired) electrons. The van der Waals surface area contributed by atoms with Crippen LogP contribution < -0.4 is 10.6 Å². The number of nitrogens with zero attached hydrogens (tertiary/aromatic N) is 1. The van der Waals surface area contributed by atoms with Crippen LogP contribution in [0.1, 0.15) is 13.8 Å². The van der Waals surface area contributed by atoms with E-state index in [1.54, 1.807) is 18.2 Å². The summed E-state index contributed by atoms with van der Waals surface area (Å²) in [4.78, 5) is 11.7. The van der Waals surface area contributed by atoms with E-state index in [4.69, 9.17) is 28.5 Å². The van der Waals surface area contributed by atoms with Crippen molar-refractivity contribution in [1.82, 2.24) is 5.32 Å². The first-order valence-corrected chi connectivity index (χ1v) is 6.33. The Kier molecular flexibility index (Phi) is 5.68. The van der Waals surface area contributed by atoms with E-state index in [0.717, 1.165) is 0 Å². The highest BCUT2D eigenvalue weighted by Crippen LogP contribution is 2.29. The SMILES string of the molecule is CC(C)NC(=O)/C(C#N)=C\Nc1cccc(Cl)c1Cl. The number of amides is 1. The van der Waals surface area contributed by atoms with Crippen LogP contribution in [0.5, 0.6) is 0 Å². The van der Waals surface area contributed by atoms with E-state index in [9.17, 15) is 4.79 Å². The minimum Gasteiger partial charge on any atom is -0.359 e. The second kappa shape index (κ2) is 7.03. The predicted octanol–water partition coefficient (Wildman–Crippen LogP) is 3.34. The summed E-state index contributed by atoms with van der Waals surface area (Å²) in [5.41, 5.74) is 0.490. The molecule has 6 heteroatoms. The van der Waals surface area contributed by atoms with E-state index >= 15 is 0 Å². The summed E-state index contributed by atoms with van der Waals surface area (Å²) in [5.74, 6) is -0.442. The second-order valence-corrected chi connectivity index (χ2v) is 4.83. The molecule has 1 aromatic rings. The van der Waals surface area contributed by atoms with Crippen molar-refractivity contribution in [3.8, 4) is 6.07 Å². The fourth-order valence-electron chi connectivity index (χ4n) is 1.25. The lowest BCUT2D eigenvalue weighted by atomic mass is 10.2. The molecule has 0 atom stereocenters. The summed E-state index contributed by atoms with van der Waals surface area (Å²) < 4.78 is 0. The minimum absolute atomic E-state index is 0.0373. The normalized spacial score (nSPS) is 11.1. The van der Waals surface area contributed by atoms with Crippen LogP contribution in [0.15, 0.2) is 30.0 Å². The number of nitrogens with one attached hydrogen (secondary N) is 2. The van der Waals surface area contributed by atoms with Gasteiger partial charge in [0.05, 0.1) is 15.7 Å². The van der Waals surface area contributed by atoms with Gasteiger partial charge in [0.2, 0.25) is 0 Å². The van der Waals surface area contributed by atoms with Crippen LogP contribution >= 0.6 is 23.2 Å². The van der Waals surface area contributed by atoms with Gasteiger partial charge in [-0.3, -0.25) is 4.79 Å². The van der Waals surface area contributed by atoms with Crippen LogP contribution in [0.3, 0.4) is 0 Å². The molecule has 4 nitrogen and oxygen atoms in total. The van der Waals surface area contributed by atoms with Gasteiger partial charge in [-0.25, -0.2) is 0 Å². The Balaban J connectivity index is 2.87. The smallest absolute Gasteiger partial charge is 0.263 e. The summed E-state index contributed by atoms with van der Waals surface area (Å²) >= 11 is 11.8. The molecule has 0 unspecified atom stereocenters. The Labute approximate surface area is 122 Å². The van der Waals surface area contributed by atoms with Gasteiger partial charge in [0.1, 0.15) is 11.6 Å². The molecule has 1 amide bonds. The van der Waals surface area contributed by atoms with Gasteiger partial charge in [-0.15, -0.1) is 0 Å². The predicted molar refractivity (Wildman–Crippen MR) is 77.1 cm³/mol. The highest BCUT2D eigenvalue weighted by Gasteiger charge is 2.10. The molecule has 0 saturated heterocycles. The van der Waals surface area contributed by atoms with Gasteiger partial charge in [-0.1, -0.05) is 29.3 Å². The molecule has 1 aromatic carbocycles. The average molecular weight is 298 g/mol. The largest absolute Gasteiger partial charge is 0.359 e. The first-order valence-electron chi connectivity index (χ1n) is 5.57. The Morgan fingerprint density at radius 3 is 2.68 bits per heavy atom. The summed E-state index contributed by atoms with van der Waals surface area (Å²) in [7, 11) is 0. The fraction of sp³-hybridized carbons (Fsp3) is 0.231. The maximum Gasteiger partial charge on any atom is 0.263 e. The molecule has 0 aliphatic heterocycles. The van der Waals surface area contributed by atoms with Crippen molar-refractivity contribution in [1.29, 1.82) is 5.26 Å². The third-order valence-corrected chi connectivity index (χ3v) is 2.93. The number of carbonyl (C=O) groups is 1. The third kappa shape index (κ3) is 4.47. The van der Waals surface area contributed by atoms with Gasteiger partial charge in [-0.05, 0) is 26.0 Å². The van der Waals surface area contributed by atoms with Crippen molar-refractivity contribution in [2.24, 2.45) is 0 Å². The molecular weight excluding hydrogens is 285 g/mol. The van der Waals surface area contributed by atoms with Gasteiger partial charge in [0.15, 0.2) is 0 Å². The number of hydrogen-bond donors (Lipinski definition) is 2. The van der Waals surface area contributed by atoms with Crippen molar-refractivity contribution in [3.63, 3.8) is 0 Å². The summed E-state index contributed by atoms with van der Waals surface area (Å²) in [6, 6.07) is 6.84. The molecular formula is C13H13Cl2N3O. The van der Waals surface area contributed by atoms with E-state index in [1.165, 1.54) is 6.20 Å². The van der Waals surface area contributed by atoms with Crippen LogP contribution in [0.2, 0.25) is 10.0 Å². The minimum atomic E-state index is -0.442. The van der Waals surface area contributed by atoms with Crippen LogP contribution in [0.25, 0.3) is 0 Å². The van der Waals surface area contributed by atoms with Gasteiger partial charge in [0.25, 0.3) is 5.91 Å². The van der Waals surface area contributed by atoms with Crippen LogP contribution in [0.4, 0.5) is 5.69 Å². The first kappa shape index (κ1) is 15.4. The summed E-state index contributed by atoms with van der Waals surface area (Å²) in [6.07, 6.45) is 1.30. The zero-order chi connectivity index (χ0) is 14.4. The molecule has 19 heavy (non-hydrogen) atoms. The molecule has 2 N–H and O–H groups in total. The number of hydrogen-bond acceptors (Lipinski definition) is 3. The van der Waals surface area contributed by atoms with E-state index in [2.05, 4.69) is 10.6 Å². The quantitative estimate of drug-likeness (QED) is 0.662. The van der Waals surface area contributed by atoms with Crippen molar-refractivity contribution in [2.45, 2.75) is 19.9 Å². The maximum atomic E-state index is 11.7. The van der Waals surface area contributed by atoms with Gasteiger partial charge < -0.3 is 10.6 Å². The second-order valence-electron chi connectivity index (χ2n) is 4.04. The molecule has 0 fully saturated rings. The van der Waals surface area contributed by atoms with Crippen LogP contribution in [-0.2, 0) is 4.79 Å². The van der Waals surface area contributed by atoms with Gasteiger partial charge in [0, 0.05) is 12.2 Å². The molecule has 0 aliphatic rings. The number of halogens is 2. The van der Waals surface area contributed by atoms with E-state index in [-0.39, 0.29) is 11.6 Å². The average Bonchev–Trinajstić information content (AvgIpc) is 2.34. The highest BCUT2D eigenvalue weighted by atomic mass is 35.5. The molecule has 0 spiro atoms. The van der Waals surface area contributed by atoms with Crippen molar-refractivity contribution >= 4 is 34.8 Å². The number of carbonyl (C=O) groups excluding carboxylic acids is 1. The zero-order valence-corrected chi connectivity index (χ0v) is 12.0. The molecule has 0 aromatic heterocycles. The third-order valence-electron chi connectivity index (χ3n) is 2.11. The Bertz CT molecular complexity index is 547. The molecule has 1 rings (SSSR count). The summed E-state index contributed by atoms with van der Waals surface area (Å²) in [5, 5.41) is 15.1. The maximum absolute atomic E-state index is 11.7. The van der Waals surface area contributed by atoms with Gasteiger partial charge >= 0.3 is 0 Å². The fourth-order valence-corrected chi connectivity index (χ4v) is 1.61. The van der Waals surface area contributed by atoms with E-state index in [1.807, 2.05) is 19.9 Å². The monoisotopic (exact) mass is 297 g/mol.